The molecule has 2 heteroatoms. The highest BCUT2D eigenvalue weighted by atomic mass is 15.2. The summed E-state index contributed by atoms with van der Waals surface area (Å²) in [5.41, 5.74) is 0. The van der Waals surface area contributed by atoms with Gasteiger partial charge in [0.2, 0.25) is 0 Å². The fraction of sp³-hybridized carbons (Fsp3) is 1.00. The van der Waals surface area contributed by atoms with E-state index in [1.165, 1.54) is 58.2 Å². The predicted octanol–water partition coefficient (Wildman–Crippen LogP) is 2.25. The quantitative estimate of drug-likeness (QED) is 0.741. The third-order valence-corrected chi connectivity index (χ3v) is 4.52. The van der Waals surface area contributed by atoms with Crippen LogP contribution in [0.5, 0.6) is 0 Å². The van der Waals surface area contributed by atoms with E-state index in [2.05, 4.69) is 17.1 Å². The molecule has 2 aliphatic carbocycles. The minimum Gasteiger partial charge on any atom is -0.314 e. The molecular formula is C14H26N2. The maximum atomic E-state index is 3.75. The molecule has 16 heavy (non-hydrogen) atoms. The topological polar surface area (TPSA) is 15.3 Å². The molecule has 1 N–H and O–H groups in total. The van der Waals surface area contributed by atoms with Crippen LogP contribution in [-0.2, 0) is 0 Å². The van der Waals surface area contributed by atoms with Crippen LogP contribution in [0.3, 0.4) is 0 Å². The van der Waals surface area contributed by atoms with Gasteiger partial charge in [-0.2, -0.15) is 0 Å². The molecule has 3 fully saturated rings. The second-order valence-corrected chi connectivity index (χ2v) is 6.37. The highest BCUT2D eigenvalue weighted by Crippen LogP contribution is 2.34. The van der Waals surface area contributed by atoms with Crippen molar-refractivity contribution in [1.29, 1.82) is 0 Å². The lowest BCUT2D eigenvalue weighted by atomic mass is 10.1. The summed E-state index contributed by atoms with van der Waals surface area (Å²) in [5.74, 6) is 2.00. The van der Waals surface area contributed by atoms with E-state index in [1.807, 2.05) is 0 Å². The van der Waals surface area contributed by atoms with Crippen molar-refractivity contribution in [2.24, 2.45) is 11.8 Å². The van der Waals surface area contributed by atoms with Crippen molar-refractivity contribution >= 4 is 0 Å². The van der Waals surface area contributed by atoms with E-state index in [-0.39, 0.29) is 0 Å². The van der Waals surface area contributed by atoms with Crippen molar-refractivity contribution in [3.05, 3.63) is 0 Å². The Bertz CT molecular complexity index is 233. The van der Waals surface area contributed by atoms with Crippen molar-refractivity contribution < 1.29 is 0 Å². The highest BCUT2D eigenvalue weighted by molar-refractivity contribution is 4.90. The van der Waals surface area contributed by atoms with Crippen LogP contribution in [0.2, 0.25) is 0 Å². The van der Waals surface area contributed by atoms with Crippen molar-refractivity contribution in [1.82, 2.24) is 10.2 Å². The molecule has 2 saturated carbocycles. The van der Waals surface area contributed by atoms with Crippen LogP contribution in [0.15, 0.2) is 0 Å². The van der Waals surface area contributed by atoms with E-state index < -0.39 is 0 Å². The molecule has 0 aromatic heterocycles. The first-order valence-electron chi connectivity index (χ1n) is 7.28. The van der Waals surface area contributed by atoms with Gasteiger partial charge in [-0.1, -0.05) is 12.8 Å². The monoisotopic (exact) mass is 222 g/mol. The smallest absolute Gasteiger partial charge is 0.00965 e. The van der Waals surface area contributed by atoms with Crippen molar-refractivity contribution in [3.8, 4) is 0 Å². The van der Waals surface area contributed by atoms with E-state index in [9.17, 15) is 0 Å². The van der Waals surface area contributed by atoms with Crippen LogP contribution in [-0.4, -0.2) is 36.6 Å². The standard InChI is InChI=1S/C14H26N2/c1-11(8-12-2-3-12)15-9-13-6-7-16(10-13)14-4-5-14/h11-15H,2-10H2,1H3. The van der Waals surface area contributed by atoms with Gasteiger partial charge in [-0.3, -0.25) is 0 Å². The fourth-order valence-corrected chi connectivity index (χ4v) is 3.11. The molecule has 0 radical (unpaired) electrons. The second kappa shape index (κ2) is 4.66. The van der Waals surface area contributed by atoms with Gasteiger partial charge in [-0.05, 0) is 57.5 Å². The van der Waals surface area contributed by atoms with Crippen LogP contribution in [0.1, 0.15) is 45.4 Å². The molecule has 2 unspecified atom stereocenters. The third kappa shape index (κ3) is 2.98. The molecule has 0 amide bonds. The zero-order valence-electron chi connectivity index (χ0n) is 10.6. The van der Waals surface area contributed by atoms with E-state index in [0.717, 1.165) is 23.9 Å². The average Bonchev–Trinajstić information content (AvgIpc) is 3.18. The summed E-state index contributed by atoms with van der Waals surface area (Å²) in [4.78, 5) is 2.72. The van der Waals surface area contributed by atoms with Crippen LogP contribution in [0.25, 0.3) is 0 Å². The zero-order chi connectivity index (χ0) is 11.0. The van der Waals surface area contributed by atoms with Crippen molar-refractivity contribution in [2.75, 3.05) is 19.6 Å². The summed E-state index contributed by atoms with van der Waals surface area (Å²) in [6.07, 6.45) is 8.77. The molecule has 0 spiro atoms. The summed E-state index contributed by atoms with van der Waals surface area (Å²) in [7, 11) is 0. The molecule has 1 aliphatic heterocycles. The van der Waals surface area contributed by atoms with Crippen molar-refractivity contribution in [3.63, 3.8) is 0 Å². The Morgan fingerprint density at radius 1 is 1.12 bits per heavy atom. The predicted molar refractivity (Wildman–Crippen MR) is 67.5 cm³/mol. The van der Waals surface area contributed by atoms with Gasteiger partial charge in [0.15, 0.2) is 0 Å². The summed E-state index contributed by atoms with van der Waals surface area (Å²) in [6, 6.07) is 1.73. The number of likely N-dealkylation sites (tertiary alicyclic amines) is 1. The number of hydrogen-bond donors (Lipinski definition) is 1. The molecule has 92 valence electrons. The Labute approximate surface area is 99.8 Å². The normalized spacial score (nSPS) is 33.2. The third-order valence-electron chi connectivity index (χ3n) is 4.52. The fourth-order valence-electron chi connectivity index (χ4n) is 3.11. The second-order valence-electron chi connectivity index (χ2n) is 6.37. The Hall–Kier alpha value is -0.0800. The van der Waals surface area contributed by atoms with E-state index >= 15 is 0 Å². The minimum absolute atomic E-state index is 0.752. The first-order valence-corrected chi connectivity index (χ1v) is 7.28. The van der Waals surface area contributed by atoms with Crippen molar-refractivity contribution in [2.45, 2.75) is 57.5 Å². The Morgan fingerprint density at radius 3 is 2.62 bits per heavy atom. The zero-order valence-corrected chi connectivity index (χ0v) is 10.6. The van der Waals surface area contributed by atoms with Crippen LogP contribution >= 0.6 is 0 Å². The van der Waals surface area contributed by atoms with Gasteiger partial charge in [0.1, 0.15) is 0 Å². The number of nitrogens with one attached hydrogen (secondary N) is 1. The maximum Gasteiger partial charge on any atom is 0.00965 e. The molecule has 3 rings (SSSR count). The summed E-state index contributed by atoms with van der Waals surface area (Å²) in [5, 5.41) is 3.75. The average molecular weight is 222 g/mol. The van der Waals surface area contributed by atoms with Crippen LogP contribution in [0, 0.1) is 11.8 Å². The summed E-state index contributed by atoms with van der Waals surface area (Å²) >= 11 is 0. The van der Waals surface area contributed by atoms with Gasteiger partial charge in [-0.15, -0.1) is 0 Å². The number of hydrogen-bond acceptors (Lipinski definition) is 2. The molecule has 1 saturated heterocycles. The molecule has 2 nitrogen and oxygen atoms in total. The lowest BCUT2D eigenvalue weighted by Crippen LogP contribution is -2.33. The maximum absolute atomic E-state index is 3.75. The minimum atomic E-state index is 0.752. The highest BCUT2D eigenvalue weighted by Gasteiger charge is 2.34. The largest absolute Gasteiger partial charge is 0.314 e. The molecule has 1 heterocycles. The Morgan fingerprint density at radius 2 is 1.94 bits per heavy atom. The van der Waals surface area contributed by atoms with Gasteiger partial charge in [0, 0.05) is 18.6 Å². The SMILES string of the molecule is CC(CC1CC1)NCC1CCN(C2CC2)C1. The lowest BCUT2D eigenvalue weighted by molar-refractivity contribution is 0.308. The first-order chi connectivity index (χ1) is 7.81. The first kappa shape index (κ1) is 11.0. The molecule has 0 aromatic rings. The summed E-state index contributed by atoms with van der Waals surface area (Å²) < 4.78 is 0. The van der Waals surface area contributed by atoms with E-state index in [4.69, 9.17) is 0 Å². The molecule has 3 aliphatic rings. The lowest BCUT2D eigenvalue weighted by Gasteiger charge is -2.18. The van der Waals surface area contributed by atoms with Gasteiger partial charge < -0.3 is 10.2 Å². The van der Waals surface area contributed by atoms with Crippen LogP contribution in [0.4, 0.5) is 0 Å². The molecule has 0 aromatic carbocycles. The Kier molecular flexibility index (Phi) is 3.21. The van der Waals surface area contributed by atoms with Gasteiger partial charge in [0.05, 0.1) is 0 Å². The van der Waals surface area contributed by atoms with Gasteiger partial charge >= 0.3 is 0 Å². The Balaban J connectivity index is 1.32. The molecule has 0 bridgehead atoms. The van der Waals surface area contributed by atoms with Gasteiger partial charge in [0.25, 0.3) is 0 Å². The van der Waals surface area contributed by atoms with E-state index in [0.29, 0.717) is 0 Å². The number of nitrogens with zero attached hydrogens (tertiary/aromatic N) is 1. The van der Waals surface area contributed by atoms with E-state index in [1.54, 1.807) is 0 Å². The number of rotatable bonds is 6. The summed E-state index contributed by atoms with van der Waals surface area (Å²) in [6.45, 7) is 6.37. The van der Waals surface area contributed by atoms with Gasteiger partial charge in [-0.25, -0.2) is 0 Å². The van der Waals surface area contributed by atoms with Crippen LogP contribution < -0.4 is 5.32 Å². The molecular weight excluding hydrogens is 196 g/mol. The molecule has 2 atom stereocenters.